The van der Waals surface area contributed by atoms with Gasteiger partial charge in [-0.15, -0.1) is 0 Å². The zero-order chi connectivity index (χ0) is 58.2. The maximum atomic E-state index is 15.0. The summed E-state index contributed by atoms with van der Waals surface area (Å²) in [7, 11) is -5.13. The number of aromatic amines is 1. The molecule has 4 aliphatic rings. The highest BCUT2D eigenvalue weighted by molar-refractivity contribution is 7.70. The number of hydrogen-bond donors (Lipinski definition) is 8. The molecule has 23 heteroatoms. The number of nitrogens with zero attached hydrogens (tertiary/aromatic N) is 3. The fraction of sp³-hybridized carbons (Fsp3) is 0.356. The van der Waals surface area contributed by atoms with E-state index >= 15 is 4.79 Å². The van der Waals surface area contributed by atoms with Gasteiger partial charge in [0.15, 0.2) is 0 Å². The van der Waals surface area contributed by atoms with Crippen molar-refractivity contribution in [2.24, 2.45) is 5.73 Å². The smallest absolute Gasteiger partial charge is 0.370 e. The molecule has 0 spiro atoms. The Morgan fingerprint density at radius 2 is 1.54 bits per heavy atom. The molecule has 0 radical (unpaired) electrons. The summed E-state index contributed by atoms with van der Waals surface area (Å²) in [5, 5.41) is 11.2. The van der Waals surface area contributed by atoms with E-state index in [2.05, 4.69) is 38.1 Å². The lowest BCUT2D eigenvalue weighted by atomic mass is 9.98. The van der Waals surface area contributed by atoms with E-state index in [-0.39, 0.29) is 98.9 Å². The number of aromatic nitrogens is 1. The summed E-state index contributed by atoms with van der Waals surface area (Å²) in [5.41, 5.74) is 7.47. The number of primary amides is 1. The van der Waals surface area contributed by atoms with Gasteiger partial charge in [-0.05, 0) is 98.0 Å². The van der Waals surface area contributed by atoms with Gasteiger partial charge in [0, 0.05) is 79.0 Å². The second-order valence-corrected chi connectivity index (χ2v) is 22.4. The molecule has 1 aromatic heterocycles. The van der Waals surface area contributed by atoms with Gasteiger partial charge < -0.3 is 51.2 Å². The molecule has 9 N–H and O–H groups in total. The number of nitrogens with one attached hydrogen (secondary N) is 5. The molecule has 5 aromatic rings. The number of carbonyl (C=O) groups is 10. The van der Waals surface area contributed by atoms with E-state index in [1.807, 2.05) is 66.7 Å². The van der Waals surface area contributed by atoms with Gasteiger partial charge in [0.25, 0.3) is 17.3 Å². The van der Waals surface area contributed by atoms with Crippen LogP contribution in [-0.2, 0) is 44.7 Å². The number of unbranched alkanes of at least 4 members (excludes halogenated alkanes) is 3. The van der Waals surface area contributed by atoms with Crippen LogP contribution in [0.2, 0.25) is 0 Å². The Hall–Kier alpha value is -8.77. The summed E-state index contributed by atoms with van der Waals surface area (Å²) in [4.78, 5) is 161. The molecule has 3 saturated heterocycles. The van der Waals surface area contributed by atoms with Crippen molar-refractivity contribution >= 4 is 77.2 Å². The van der Waals surface area contributed by atoms with Crippen LogP contribution in [0.1, 0.15) is 137 Å². The first-order chi connectivity index (χ1) is 39.3. The fourth-order valence-corrected chi connectivity index (χ4v) is 11.6. The third-order valence-corrected chi connectivity index (χ3v) is 16.2. The van der Waals surface area contributed by atoms with Gasteiger partial charge in [-0.1, -0.05) is 85.0 Å². The van der Waals surface area contributed by atoms with Crippen LogP contribution in [0.15, 0.2) is 103 Å². The molecule has 4 aliphatic heterocycles. The number of H-pyrrole nitrogens is 1. The van der Waals surface area contributed by atoms with E-state index < -0.39 is 84.8 Å². The number of benzene rings is 4. The van der Waals surface area contributed by atoms with Gasteiger partial charge in [0.05, 0.1) is 6.04 Å². The van der Waals surface area contributed by atoms with Crippen molar-refractivity contribution in [2.75, 3.05) is 13.1 Å². The summed E-state index contributed by atoms with van der Waals surface area (Å²) in [6.07, 6.45) is 3.11. The van der Waals surface area contributed by atoms with Crippen molar-refractivity contribution in [3.8, 4) is 11.8 Å². The number of imide groups is 1. The Morgan fingerprint density at radius 1 is 0.805 bits per heavy atom. The van der Waals surface area contributed by atoms with Crippen molar-refractivity contribution in [2.45, 2.75) is 120 Å². The third kappa shape index (κ3) is 13.3. The van der Waals surface area contributed by atoms with Crippen LogP contribution in [0, 0.1) is 11.8 Å². The number of carbonyl (C=O) groups excluding carboxylic acids is 10. The summed E-state index contributed by atoms with van der Waals surface area (Å²) in [6, 6.07) is 23.0. The first kappa shape index (κ1) is 57.9. The molecule has 426 valence electrons. The number of hydrogen-bond acceptors (Lipinski definition) is 11. The molecule has 22 nitrogen and oxygen atoms in total. The van der Waals surface area contributed by atoms with Gasteiger partial charge in [-0.3, -0.25) is 57.8 Å². The maximum Gasteiger partial charge on any atom is 0.396 e. The summed E-state index contributed by atoms with van der Waals surface area (Å²) >= 11 is 0. The van der Waals surface area contributed by atoms with Gasteiger partial charge >= 0.3 is 7.60 Å². The molecule has 4 aromatic carbocycles. The zero-order valence-electron chi connectivity index (χ0n) is 44.6. The number of nitrogens with two attached hydrogens (primary N) is 1. The second-order valence-electron chi connectivity index (χ2n) is 20.9. The molecule has 9 amide bonds. The lowest BCUT2D eigenvalue weighted by Gasteiger charge is -2.39. The number of piperidine rings is 1. The van der Waals surface area contributed by atoms with Crippen LogP contribution >= 0.6 is 7.60 Å². The van der Waals surface area contributed by atoms with Crippen LogP contribution in [0.5, 0.6) is 0 Å². The van der Waals surface area contributed by atoms with Crippen molar-refractivity contribution in [1.29, 1.82) is 0 Å². The lowest BCUT2D eigenvalue weighted by molar-refractivity contribution is -0.145. The Labute approximate surface area is 471 Å². The van der Waals surface area contributed by atoms with E-state index in [1.165, 1.54) is 39.0 Å². The van der Waals surface area contributed by atoms with Gasteiger partial charge in [-0.2, -0.15) is 0 Å². The van der Waals surface area contributed by atoms with Gasteiger partial charge in [0.1, 0.15) is 29.9 Å². The molecule has 3 fully saturated rings. The number of rotatable bonds is 19. The highest BCUT2D eigenvalue weighted by atomic mass is 31.2. The standard InChI is InChI=1S/C59H62N9O13P/c60-49(69)27-24-44(53(72)65-52(36-14-7-4-8-15-36)37-16-9-5-10-17-37)62-56(75)48-25-22-40-29-30-66(34-46(58(77)68(40)48)63-54(73)45-32-39-31-38(21-23-43(39)61-45)59(78)82(79,80)81)51(71)20-11-3-1-2-6-13-35-18-12-19-41-42(35)33-67(57(41)76)47-26-28-50(70)64-55(47)74/h4-5,7-10,12,14-19,21,23,31-32,40,44,46-48,52,61H,1-3,11,20,22,24-30,33-34H2,(H2,60,69)(H,62,75)(H,63,73)(H,65,72)(H,64,70,74)(H2,79,80,81)/t40-,44+,46+,47?,48+/m1/s1. The minimum Gasteiger partial charge on any atom is -0.370 e. The van der Waals surface area contributed by atoms with Gasteiger partial charge in [0.2, 0.25) is 41.4 Å². The van der Waals surface area contributed by atoms with E-state index in [9.17, 15) is 57.5 Å². The minimum absolute atomic E-state index is 0.0779. The summed E-state index contributed by atoms with van der Waals surface area (Å²) in [6.45, 7) is 0.0809. The first-order valence-corrected chi connectivity index (χ1v) is 28.8. The molecule has 82 heavy (non-hydrogen) atoms. The summed E-state index contributed by atoms with van der Waals surface area (Å²) in [5.74, 6) is 1.47. The van der Waals surface area contributed by atoms with Gasteiger partial charge in [-0.25, -0.2) is 0 Å². The average molecular weight is 1140 g/mol. The van der Waals surface area contributed by atoms with E-state index in [0.29, 0.717) is 54.3 Å². The molecular weight excluding hydrogens is 1070 g/mol. The zero-order valence-corrected chi connectivity index (χ0v) is 45.5. The molecule has 0 bridgehead atoms. The molecule has 0 aliphatic carbocycles. The molecule has 9 rings (SSSR count). The molecule has 1 unspecified atom stereocenters. The van der Waals surface area contributed by atoms with E-state index in [1.54, 1.807) is 12.1 Å². The normalized spacial score (nSPS) is 19.3. The quantitative estimate of drug-likeness (QED) is 0.0254. The second kappa shape index (κ2) is 25.4. The number of fused-ring (bicyclic) bond motifs is 3. The van der Waals surface area contributed by atoms with E-state index in [0.717, 1.165) is 11.1 Å². The van der Waals surface area contributed by atoms with Crippen molar-refractivity contribution < 1.29 is 62.3 Å². The molecule has 5 atom stereocenters. The Kier molecular flexibility index (Phi) is 17.9. The Balaban J connectivity index is 0.882. The Morgan fingerprint density at radius 3 is 2.23 bits per heavy atom. The largest absolute Gasteiger partial charge is 0.396 e. The van der Waals surface area contributed by atoms with Crippen LogP contribution in [0.25, 0.3) is 10.9 Å². The predicted octanol–water partition coefficient (Wildman–Crippen LogP) is 3.60. The molecule has 5 heterocycles. The van der Waals surface area contributed by atoms with Crippen LogP contribution in [0.4, 0.5) is 0 Å². The van der Waals surface area contributed by atoms with Crippen LogP contribution in [-0.4, -0.2) is 131 Å². The van der Waals surface area contributed by atoms with Crippen LogP contribution < -0.4 is 27.0 Å². The average Bonchev–Trinajstić information content (AvgIpc) is 4.10. The minimum atomic E-state index is -5.13. The molecule has 0 saturated carbocycles. The monoisotopic (exact) mass is 1140 g/mol. The molecular formula is C59H62N9O13P. The highest BCUT2D eigenvalue weighted by Crippen LogP contribution is 2.40. The third-order valence-electron chi connectivity index (χ3n) is 15.4. The highest BCUT2D eigenvalue weighted by Gasteiger charge is 2.46. The number of amides is 9. The van der Waals surface area contributed by atoms with Crippen LogP contribution in [0.3, 0.4) is 0 Å². The van der Waals surface area contributed by atoms with Crippen molar-refractivity contribution in [3.63, 3.8) is 0 Å². The van der Waals surface area contributed by atoms with E-state index in [4.69, 9.17) is 5.73 Å². The Bertz CT molecular complexity index is 3420. The first-order valence-electron chi connectivity index (χ1n) is 27.2. The predicted molar refractivity (Wildman–Crippen MR) is 296 cm³/mol. The SMILES string of the molecule is NC(=O)CC[C@H](NC(=O)[C@@H]1CC[C@@H]2CCN(C(=O)CCCCCC#Cc3cccc4c3CN(C3CCC(=O)NC3=O)C4=O)C[C@H](NC(=O)c3cc4cc(C(=O)P(=O)(O)O)ccc4[nH]3)C(=O)N21)C(=O)NC(c1ccccc1)c1ccccc1. The summed E-state index contributed by atoms with van der Waals surface area (Å²) < 4.78 is 11.7. The lowest BCUT2D eigenvalue weighted by Crippen LogP contribution is -2.62. The fourth-order valence-electron chi connectivity index (χ4n) is 11.2. The topological polar surface area (TPSA) is 328 Å². The van der Waals surface area contributed by atoms with Crippen molar-refractivity contribution in [1.82, 2.24) is 41.0 Å². The maximum absolute atomic E-state index is 15.0. The van der Waals surface area contributed by atoms with Crippen molar-refractivity contribution in [3.05, 3.63) is 142 Å².